The fraction of sp³-hybridized carbons (Fsp3) is 0.462. The van der Waals surface area contributed by atoms with Gasteiger partial charge in [-0.1, -0.05) is 19.9 Å². The first-order valence-corrected chi connectivity index (χ1v) is 5.77. The molecule has 0 spiro atoms. The van der Waals surface area contributed by atoms with Crippen LogP contribution in [0.4, 0.5) is 8.78 Å². The minimum atomic E-state index is -0.915. The molecule has 0 saturated heterocycles. The lowest BCUT2D eigenvalue weighted by Crippen LogP contribution is -2.44. The summed E-state index contributed by atoms with van der Waals surface area (Å²) in [4.78, 5) is 13.3. The number of halogens is 2. The highest BCUT2D eigenvalue weighted by Gasteiger charge is 2.21. The Bertz CT molecular complexity index is 435. The van der Waals surface area contributed by atoms with E-state index in [-0.39, 0.29) is 18.4 Å². The van der Waals surface area contributed by atoms with E-state index in [2.05, 4.69) is 0 Å². The summed E-state index contributed by atoms with van der Waals surface area (Å²) in [5.74, 6) is -1.99. The fourth-order valence-electron chi connectivity index (χ4n) is 1.53. The molecule has 1 rings (SSSR count). The molecular formula is C13H18F2N2O. The number of benzene rings is 1. The Morgan fingerprint density at radius 1 is 1.33 bits per heavy atom. The quantitative estimate of drug-likeness (QED) is 0.894. The third-order valence-corrected chi connectivity index (χ3v) is 2.78. The van der Waals surface area contributed by atoms with Gasteiger partial charge in [-0.2, -0.15) is 0 Å². The molecule has 0 aromatic heterocycles. The van der Waals surface area contributed by atoms with Gasteiger partial charge in [-0.3, -0.25) is 4.79 Å². The van der Waals surface area contributed by atoms with Crippen molar-refractivity contribution in [3.63, 3.8) is 0 Å². The van der Waals surface area contributed by atoms with Gasteiger partial charge in [0, 0.05) is 13.6 Å². The van der Waals surface area contributed by atoms with Gasteiger partial charge in [-0.05, 0) is 23.6 Å². The summed E-state index contributed by atoms with van der Waals surface area (Å²) < 4.78 is 25.8. The van der Waals surface area contributed by atoms with Crippen LogP contribution in [-0.2, 0) is 11.3 Å². The minimum Gasteiger partial charge on any atom is -0.340 e. The van der Waals surface area contributed by atoms with Crippen LogP contribution in [0.5, 0.6) is 0 Å². The van der Waals surface area contributed by atoms with Crippen LogP contribution in [-0.4, -0.2) is 23.9 Å². The van der Waals surface area contributed by atoms with Crippen LogP contribution in [0.25, 0.3) is 0 Å². The van der Waals surface area contributed by atoms with Crippen molar-refractivity contribution >= 4 is 5.91 Å². The van der Waals surface area contributed by atoms with Gasteiger partial charge in [0.1, 0.15) is 0 Å². The molecule has 18 heavy (non-hydrogen) atoms. The van der Waals surface area contributed by atoms with E-state index in [9.17, 15) is 13.6 Å². The first-order chi connectivity index (χ1) is 8.32. The third kappa shape index (κ3) is 3.50. The van der Waals surface area contributed by atoms with E-state index in [1.165, 1.54) is 11.0 Å². The van der Waals surface area contributed by atoms with Crippen LogP contribution in [0, 0.1) is 17.6 Å². The lowest BCUT2D eigenvalue weighted by molar-refractivity contribution is -0.132. The molecule has 2 N–H and O–H groups in total. The monoisotopic (exact) mass is 256 g/mol. The summed E-state index contributed by atoms with van der Waals surface area (Å²) in [6, 6.07) is 2.99. The van der Waals surface area contributed by atoms with Crippen molar-refractivity contribution in [2.45, 2.75) is 26.4 Å². The van der Waals surface area contributed by atoms with Crippen LogP contribution in [0.1, 0.15) is 19.4 Å². The van der Waals surface area contributed by atoms with Gasteiger partial charge in [0.25, 0.3) is 0 Å². The number of hydrogen-bond acceptors (Lipinski definition) is 2. The van der Waals surface area contributed by atoms with Crippen LogP contribution in [0.3, 0.4) is 0 Å². The number of rotatable bonds is 4. The lowest BCUT2D eigenvalue weighted by atomic mass is 10.0. The van der Waals surface area contributed by atoms with Crippen LogP contribution in [0.2, 0.25) is 0 Å². The Kier molecular flexibility index (Phi) is 4.78. The molecule has 1 amide bonds. The van der Waals surface area contributed by atoms with Crippen molar-refractivity contribution in [2.75, 3.05) is 7.05 Å². The van der Waals surface area contributed by atoms with Gasteiger partial charge in [-0.15, -0.1) is 0 Å². The molecule has 0 radical (unpaired) electrons. The second kappa shape index (κ2) is 5.91. The Labute approximate surface area is 106 Å². The van der Waals surface area contributed by atoms with Gasteiger partial charge in [0.2, 0.25) is 5.91 Å². The largest absolute Gasteiger partial charge is 0.340 e. The zero-order valence-electron chi connectivity index (χ0n) is 10.8. The fourth-order valence-corrected chi connectivity index (χ4v) is 1.53. The number of carbonyl (C=O) groups is 1. The number of amides is 1. The van der Waals surface area contributed by atoms with Crippen molar-refractivity contribution in [1.82, 2.24) is 4.90 Å². The normalized spacial score (nSPS) is 12.6. The number of hydrogen-bond donors (Lipinski definition) is 1. The number of likely N-dealkylation sites (N-methyl/N-ethyl adjacent to an activating group) is 1. The Balaban J connectivity index is 2.72. The number of nitrogens with zero attached hydrogens (tertiary/aromatic N) is 1. The first kappa shape index (κ1) is 14.6. The predicted octanol–water partition coefficient (Wildman–Crippen LogP) is 1.91. The summed E-state index contributed by atoms with van der Waals surface area (Å²) in [6.07, 6.45) is 0. The summed E-state index contributed by atoms with van der Waals surface area (Å²) in [6.45, 7) is 3.92. The van der Waals surface area contributed by atoms with E-state index < -0.39 is 17.7 Å². The SMILES string of the molecule is CC(C)[C@@H](N)C(=O)N(C)Cc1ccc(F)c(F)c1. The van der Waals surface area contributed by atoms with Gasteiger partial charge < -0.3 is 10.6 Å². The summed E-state index contributed by atoms with van der Waals surface area (Å²) >= 11 is 0. The highest BCUT2D eigenvalue weighted by molar-refractivity contribution is 5.81. The molecule has 1 aromatic carbocycles. The third-order valence-electron chi connectivity index (χ3n) is 2.78. The Hall–Kier alpha value is -1.49. The molecule has 0 unspecified atom stereocenters. The highest BCUT2D eigenvalue weighted by Crippen LogP contribution is 2.11. The second-order valence-electron chi connectivity index (χ2n) is 4.71. The molecule has 100 valence electrons. The van der Waals surface area contributed by atoms with Crippen LogP contribution >= 0.6 is 0 Å². The molecule has 0 aliphatic rings. The standard InChI is InChI=1S/C13H18F2N2O/c1-8(2)12(16)13(18)17(3)7-9-4-5-10(14)11(15)6-9/h4-6,8,12H,7,16H2,1-3H3/t12-/m1/s1. The lowest BCUT2D eigenvalue weighted by Gasteiger charge is -2.23. The van der Waals surface area contributed by atoms with Crippen molar-refractivity contribution in [3.8, 4) is 0 Å². The molecule has 1 atom stereocenters. The van der Waals surface area contributed by atoms with Crippen molar-refractivity contribution in [2.24, 2.45) is 11.7 Å². The smallest absolute Gasteiger partial charge is 0.239 e. The average molecular weight is 256 g/mol. The maximum absolute atomic E-state index is 13.0. The van der Waals surface area contributed by atoms with E-state index in [1.54, 1.807) is 7.05 Å². The molecule has 0 bridgehead atoms. The zero-order chi connectivity index (χ0) is 13.9. The molecular weight excluding hydrogens is 238 g/mol. The van der Waals surface area contributed by atoms with E-state index >= 15 is 0 Å². The van der Waals surface area contributed by atoms with Gasteiger partial charge in [-0.25, -0.2) is 8.78 Å². The first-order valence-electron chi connectivity index (χ1n) is 5.77. The van der Waals surface area contributed by atoms with E-state index in [4.69, 9.17) is 5.73 Å². The summed E-state index contributed by atoms with van der Waals surface area (Å²) in [5, 5.41) is 0. The average Bonchev–Trinajstić information content (AvgIpc) is 2.31. The summed E-state index contributed by atoms with van der Waals surface area (Å²) in [7, 11) is 1.59. The maximum Gasteiger partial charge on any atom is 0.239 e. The topological polar surface area (TPSA) is 46.3 Å². The zero-order valence-corrected chi connectivity index (χ0v) is 10.8. The van der Waals surface area contributed by atoms with Crippen molar-refractivity contribution < 1.29 is 13.6 Å². The molecule has 1 aromatic rings. The van der Waals surface area contributed by atoms with Crippen molar-refractivity contribution in [3.05, 3.63) is 35.4 Å². The van der Waals surface area contributed by atoms with E-state index in [1.807, 2.05) is 13.8 Å². The molecule has 0 aliphatic heterocycles. The molecule has 3 nitrogen and oxygen atoms in total. The molecule has 5 heteroatoms. The van der Waals surface area contributed by atoms with Gasteiger partial charge in [0.05, 0.1) is 6.04 Å². The second-order valence-corrected chi connectivity index (χ2v) is 4.71. The Morgan fingerprint density at radius 2 is 1.94 bits per heavy atom. The van der Waals surface area contributed by atoms with Gasteiger partial charge in [0.15, 0.2) is 11.6 Å². The van der Waals surface area contributed by atoms with Crippen molar-refractivity contribution in [1.29, 1.82) is 0 Å². The summed E-state index contributed by atoms with van der Waals surface area (Å²) in [5.41, 5.74) is 6.27. The highest BCUT2D eigenvalue weighted by atomic mass is 19.2. The molecule has 0 heterocycles. The van der Waals surface area contributed by atoms with Crippen LogP contribution in [0.15, 0.2) is 18.2 Å². The van der Waals surface area contributed by atoms with Crippen LogP contribution < -0.4 is 5.73 Å². The number of nitrogens with two attached hydrogens (primary N) is 1. The minimum absolute atomic E-state index is 0.0323. The molecule has 0 saturated carbocycles. The Morgan fingerprint density at radius 3 is 2.44 bits per heavy atom. The van der Waals surface area contributed by atoms with E-state index in [0.29, 0.717) is 5.56 Å². The van der Waals surface area contributed by atoms with Gasteiger partial charge >= 0.3 is 0 Å². The number of carbonyl (C=O) groups excluding carboxylic acids is 1. The predicted molar refractivity (Wildman–Crippen MR) is 65.6 cm³/mol. The maximum atomic E-state index is 13.0. The molecule has 0 aliphatic carbocycles. The van der Waals surface area contributed by atoms with E-state index in [0.717, 1.165) is 12.1 Å². The molecule has 0 fully saturated rings.